The minimum atomic E-state index is -0.490. The molecule has 0 amide bonds. The molecule has 18 heavy (non-hydrogen) atoms. The molecule has 2 aromatic carbocycles. The van der Waals surface area contributed by atoms with Crippen molar-refractivity contribution in [2.24, 2.45) is 0 Å². The van der Waals surface area contributed by atoms with Crippen LogP contribution in [0.2, 0.25) is 0 Å². The van der Waals surface area contributed by atoms with Gasteiger partial charge in [0.2, 0.25) is 0 Å². The molecular formula is C13H6Br2FNO. The molecule has 0 heterocycles. The standard InChI is InChI=1S/C13H6Br2FNO/c14-9-1-3-12(8(5-9)7-17)18-13-4-2-10(15)6-11(13)16/h1-6H. The van der Waals surface area contributed by atoms with E-state index >= 15 is 0 Å². The zero-order chi connectivity index (χ0) is 13.1. The summed E-state index contributed by atoms with van der Waals surface area (Å²) in [5, 5.41) is 8.98. The van der Waals surface area contributed by atoms with E-state index in [9.17, 15) is 4.39 Å². The Morgan fingerprint density at radius 3 is 2.22 bits per heavy atom. The van der Waals surface area contributed by atoms with E-state index in [1.54, 1.807) is 24.3 Å². The summed E-state index contributed by atoms with van der Waals surface area (Å²) in [6.45, 7) is 0. The van der Waals surface area contributed by atoms with E-state index in [4.69, 9.17) is 10.00 Å². The van der Waals surface area contributed by atoms with Gasteiger partial charge in [0.1, 0.15) is 11.8 Å². The van der Waals surface area contributed by atoms with Crippen LogP contribution in [-0.2, 0) is 0 Å². The van der Waals surface area contributed by atoms with Crippen LogP contribution in [0.5, 0.6) is 11.5 Å². The van der Waals surface area contributed by atoms with Gasteiger partial charge >= 0.3 is 0 Å². The van der Waals surface area contributed by atoms with Gasteiger partial charge in [0.15, 0.2) is 11.6 Å². The third kappa shape index (κ3) is 2.89. The van der Waals surface area contributed by atoms with Crippen LogP contribution < -0.4 is 4.74 Å². The fourth-order valence-corrected chi connectivity index (χ4v) is 2.05. The van der Waals surface area contributed by atoms with Crippen molar-refractivity contribution >= 4 is 31.9 Å². The van der Waals surface area contributed by atoms with Crippen molar-refractivity contribution in [1.82, 2.24) is 0 Å². The Labute approximate surface area is 120 Å². The predicted molar refractivity (Wildman–Crippen MR) is 73.0 cm³/mol. The van der Waals surface area contributed by atoms with Crippen LogP contribution >= 0.6 is 31.9 Å². The van der Waals surface area contributed by atoms with Crippen molar-refractivity contribution in [2.75, 3.05) is 0 Å². The Morgan fingerprint density at radius 2 is 1.61 bits per heavy atom. The fraction of sp³-hybridized carbons (Fsp3) is 0. The average molecular weight is 371 g/mol. The monoisotopic (exact) mass is 369 g/mol. The first kappa shape index (κ1) is 13.1. The van der Waals surface area contributed by atoms with Crippen molar-refractivity contribution in [3.05, 3.63) is 56.7 Å². The molecule has 0 N–H and O–H groups in total. The smallest absolute Gasteiger partial charge is 0.166 e. The summed E-state index contributed by atoms with van der Waals surface area (Å²) < 4.78 is 20.4. The third-order valence-electron chi connectivity index (χ3n) is 2.18. The van der Waals surface area contributed by atoms with E-state index in [-0.39, 0.29) is 5.75 Å². The molecule has 0 bridgehead atoms. The van der Waals surface area contributed by atoms with Crippen molar-refractivity contribution < 1.29 is 9.13 Å². The lowest BCUT2D eigenvalue weighted by molar-refractivity contribution is 0.441. The van der Waals surface area contributed by atoms with Gasteiger partial charge in [-0.15, -0.1) is 0 Å². The topological polar surface area (TPSA) is 33.0 Å². The van der Waals surface area contributed by atoms with Crippen LogP contribution in [0.25, 0.3) is 0 Å². The van der Waals surface area contributed by atoms with Gasteiger partial charge in [-0.3, -0.25) is 0 Å². The van der Waals surface area contributed by atoms with Crippen LogP contribution in [0.4, 0.5) is 4.39 Å². The van der Waals surface area contributed by atoms with Crippen molar-refractivity contribution in [1.29, 1.82) is 5.26 Å². The van der Waals surface area contributed by atoms with Crippen molar-refractivity contribution in [3.63, 3.8) is 0 Å². The van der Waals surface area contributed by atoms with Gasteiger partial charge in [-0.25, -0.2) is 4.39 Å². The van der Waals surface area contributed by atoms with Gasteiger partial charge < -0.3 is 4.74 Å². The third-order valence-corrected chi connectivity index (χ3v) is 3.16. The van der Waals surface area contributed by atoms with Gasteiger partial charge in [0.05, 0.1) is 5.56 Å². The highest BCUT2D eigenvalue weighted by Crippen LogP contribution is 2.30. The lowest BCUT2D eigenvalue weighted by Gasteiger charge is -2.08. The molecule has 0 saturated heterocycles. The largest absolute Gasteiger partial charge is 0.453 e. The fourth-order valence-electron chi connectivity index (χ4n) is 1.36. The highest BCUT2D eigenvalue weighted by Gasteiger charge is 2.09. The molecule has 0 saturated carbocycles. The maximum absolute atomic E-state index is 13.6. The summed E-state index contributed by atoms with van der Waals surface area (Å²) in [5.74, 6) is -0.0878. The number of hydrogen-bond donors (Lipinski definition) is 0. The SMILES string of the molecule is N#Cc1cc(Br)ccc1Oc1ccc(Br)cc1F. The first-order valence-corrected chi connectivity index (χ1v) is 6.51. The molecule has 0 spiro atoms. The number of nitriles is 1. The second-order valence-corrected chi connectivity index (χ2v) is 5.26. The van der Waals surface area contributed by atoms with E-state index in [1.807, 2.05) is 6.07 Å². The Kier molecular flexibility index (Phi) is 4.00. The Hall–Kier alpha value is -1.38. The molecule has 0 aromatic heterocycles. The summed E-state index contributed by atoms with van der Waals surface area (Å²) in [5.41, 5.74) is 0.340. The van der Waals surface area contributed by atoms with E-state index in [0.717, 1.165) is 4.47 Å². The maximum Gasteiger partial charge on any atom is 0.166 e. The maximum atomic E-state index is 13.6. The second kappa shape index (κ2) is 5.51. The summed E-state index contributed by atoms with van der Waals surface area (Å²) in [7, 11) is 0. The minimum absolute atomic E-state index is 0.0806. The van der Waals surface area contributed by atoms with Gasteiger partial charge in [-0.1, -0.05) is 31.9 Å². The molecule has 2 rings (SSSR count). The van der Waals surface area contributed by atoms with E-state index in [2.05, 4.69) is 31.9 Å². The molecule has 2 aromatic rings. The van der Waals surface area contributed by atoms with E-state index in [1.165, 1.54) is 12.1 Å². The van der Waals surface area contributed by atoms with Gasteiger partial charge in [-0.05, 0) is 36.4 Å². The number of benzene rings is 2. The summed E-state index contributed by atoms with van der Waals surface area (Å²) in [6.07, 6.45) is 0. The molecule has 5 heteroatoms. The van der Waals surface area contributed by atoms with Crippen molar-refractivity contribution in [3.8, 4) is 17.6 Å². The zero-order valence-corrected chi connectivity index (χ0v) is 12.1. The van der Waals surface area contributed by atoms with Gasteiger partial charge in [-0.2, -0.15) is 5.26 Å². The molecule has 0 fully saturated rings. The Morgan fingerprint density at radius 1 is 1.00 bits per heavy atom. The number of nitrogens with zero attached hydrogens (tertiary/aromatic N) is 1. The molecule has 0 unspecified atom stereocenters. The summed E-state index contributed by atoms with van der Waals surface area (Å²) in [6, 6.07) is 11.4. The number of hydrogen-bond acceptors (Lipinski definition) is 2. The van der Waals surface area contributed by atoms with Gasteiger partial charge in [0, 0.05) is 8.95 Å². The van der Waals surface area contributed by atoms with Crippen LogP contribution in [0, 0.1) is 17.1 Å². The molecule has 0 aliphatic heterocycles. The lowest BCUT2D eigenvalue weighted by Crippen LogP contribution is -1.91. The molecule has 0 aliphatic rings. The highest BCUT2D eigenvalue weighted by molar-refractivity contribution is 9.10. The molecule has 90 valence electrons. The predicted octanol–water partition coefficient (Wildman–Crippen LogP) is 5.01. The van der Waals surface area contributed by atoms with Crippen LogP contribution in [-0.4, -0.2) is 0 Å². The molecular weight excluding hydrogens is 365 g/mol. The normalized spacial score (nSPS) is 9.89. The first-order chi connectivity index (χ1) is 8.60. The second-order valence-electron chi connectivity index (χ2n) is 3.43. The minimum Gasteiger partial charge on any atom is -0.453 e. The molecule has 2 nitrogen and oxygen atoms in total. The lowest BCUT2D eigenvalue weighted by atomic mass is 10.2. The first-order valence-electron chi connectivity index (χ1n) is 4.92. The highest BCUT2D eigenvalue weighted by atomic mass is 79.9. The summed E-state index contributed by atoms with van der Waals surface area (Å²) in [4.78, 5) is 0. The van der Waals surface area contributed by atoms with Gasteiger partial charge in [0.25, 0.3) is 0 Å². The molecule has 0 aliphatic carbocycles. The summed E-state index contributed by atoms with van der Waals surface area (Å²) >= 11 is 6.42. The average Bonchev–Trinajstić information content (AvgIpc) is 2.34. The number of halogens is 3. The van der Waals surface area contributed by atoms with Crippen molar-refractivity contribution in [2.45, 2.75) is 0 Å². The van der Waals surface area contributed by atoms with E-state index in [0.29, 0.717) is 15.8 Å². The van der Waals surface area contributed by atoms with Crippen LogP contribution in [0.3, 0.4) is 0 Å². The zero-order valence-electron chi connectivity index (χ0n) is 8.95. The Balaban J connectivity index is 2.37. The number of rotatable bonds is 2. The van der Waals surface area contributed by atoms with Crippen LogP contribution in [0.1, 0.15) is 5.56 Å². The molecule has 0 radical (unpaired) electrons. The quantitative estimate of drug-likeness (QED) is 0.743. The number of ether oxygens (including phenoxy) is 1. The van der Waals surface area contributed by atoms with Crippen LogP contribution in [0.15, 0.2) is 45.3 Å². The molecule has 0 atom stereocenters. The Bertz CT molecular complexity index is 637. The van der Waals surface area contributed by atoms with E-state index < -0.39 is 5.82 Å².